The minimum atomic E-state index is 1.02. The molecule has 0 heteroatoms. The summed E-state index contributed by atoms with van der Waals surface area (Å²) < 4.78 is 0. The predicted molar refractivity (Wildman–Crippen MR) is 125 cm³/mol. The molecule has 0 saturated carbocycles. The quantitative estimate of drug-likeness (QED) is 0.189. The smallest absolute Gasteiger partial charge is 0.000705 e. The molecule has 134 valence electrons. The number of hydrogen-bond donors (Lipinski definition) is 0. The lowest BCUT2D eigenvalue weighted by atomic mass is 9.93. The van der Waals surface area contributed by atoms with Gasteiger partial charge in [0.1, 0.15) is 0 Å². The van der Waals surface area contributed by atoms with Crippen LogP contribution in [0.1, 0.15) is 11.1 Å². The molecule has 29 heavy (non-hydrogen) atoms. The topological polar surface area (TPSA) is 0 Å². The molecule has 1 aliphatic rings. The molecule has 0 heterocycles. The van der Waals surface area contributed by atoms with Crippen molar-refractivity contribution in [1.82, 2.24) is 0 Å². The molecule has 0 unspecified atom stereocenters. The molecule has 6 aromatic rings. The summed E-state index contributed by atoms with van der Waals surface area (Å²) in [6.07, 6.45) is 1.02. The second-order valence-corrected chi connectivity index (χ2v) is 8.17. The Morgan fingerprint density at radius 3 is 2.00 bits per heavy atom. The van der Waals surface area contributed by atoms with Crippen molar-refractivity contribution in [2.45, 2.75) is 6.42 Å². The van der Waals surface area contributed by atoms with Crippen LogP contribution >= 0.6 is 0 Å². The maximum absolute atomic E-state index is 2.43. The Balaban J connectivity index is 1.62. The van der Waals surface area contributed by atoms with Gasteiger partial charge < -0.3 is 0 Å². The van der Waals surface area contributed by atoms with Gasteiger partial charge in [0.2, 0.25) is 0 Å². The van der Waals surface area contributed by atoms with Gasteiger partial charge in [0.05, 0.1) is 0 Å². The van der Waals surface area contributed by atoms with Gasteiger partial charge in [0, 0.05) is 0 Å². The standard InChI is InChI=1S/C29H18/c1-3-7-23-18(5-1)9-10-20-15-21-11-12-22-16-28-24-8-4-2-6-19(24)13-14-25(28)29(22)27(21)17-26(20)23/h1-15,17H,16H2. The highest BCUT2D eigenvalue weighted by Crippen LogP contribution is 2.45. The Morgan fingerprint density at radius 1 is 0.448 bits per heavy atom. The molecule has 6 aromatic carbocycles. The minimum absolute atomic E-state index is 1.02. The molecule has 0 atom stereocenters. The van der Waals surface area contributed by atoms with Gasteiger partial charge in [0.15, 0.2) is 0 Å². The van der Waals surface area contributed by atoms with Crippen molar-refractivity contribution >= 4 is 43.1 Å². The molecule has 0 aromatic heterocycles. The summed E-state index contributed by atoms with van der Waals surface area (Å²) in [4.78, 5) is 0. The van der Waals surface area contributed by atoms with Gasteiger partial charge in [-0.1, -0.05) is 84.9 Å². The van der Waals surface area contributed by atoms with E-state index in [1.165, 1.54) is 65.3 Å². The van der Waals surface area contributed by atoms with Crippen LogP contribution in [0.5, 0.6) is 0 Å². The van der Waals surface area contributed by atoms with E-state index in [0.717, 1.165) is 6.42 Å². The molecule has 0 saturated heterocycles. The maximum atomic E-state index is 2.43. The second kappa shape index (κ2) is 5.46. The van der Waals surface area contributed by atoms with E-state index in [9.17, 15) is 0 Å². The van der Waals surface area contributed by atoms with Crippen molar-refractivity contribution in [2.24, 2.45) is 0 Å². The average molecular weight is 366 g/mol. The van der Waals surface area contributed by atoms with Crippen LogP contribution in [0.2, 0.25) is 0 Å². The number of fused-ring (bicyclic) bond motifs is 10. The summed E-state index contributed by atoms with van der Waals surface area (Å²) in [5.41, 5.74) is 5.76. The normalized spacial score (nSPS) is 12.7. The van der Waals surface area contributed by atoms with E-state index >= 15 is 0 Å². The number of benzene rings is 6. The molecule has 0 spiro atoms. The Labute approximate surface area is 169 Å². The van der Waals surface area contributed by atoms with Crippen LogP contribution in [0.4, 0.5) is 0 Å². The van der Waals surface area contributed by atoms with Crippen LogP contribution in [0.3, 0.4) is 0 Å². The zero-order valence-corrected chi connectivity index (χ0v) is 15.9. The van der Waals surface area contributed by atoms with Crippen LogP contribution in [0.15, 0.2) is 97.1 Å². The van der Waals surface area contributed by atoms with Gasteiger partial charge >= 0.3 is 0 Å². The third-order valence-corrected chi connectivity index (χ3v) is 6.65. The van der Waals surface area contributed by atoms with Crippen molar-refractivity contribution in [3.05, 3.63) is 108 Å². The first kappa shape index (κ1) is 15.3. The van der Waals surface area contributed by atoms with E-state index in [1.54, 1.807) is 0 Å². The average Bonchev–Trinajstić information content (AvgIpc) is 3.17. The summed E-state index contributed by atoms with van der Waals surface area (Å²) >= 11 is 0. The minimum Gasteiger partial charge on any atom is -0.0616 e. The summed E-state index contributed by atoms with van der Waals surface area (Å²) in [5, 5.41) is 10.7. The van der Waals surface area contributed by atoms with E-state index in [1.807, 2.05) is 0 Å². The van der Waals surface area contributed by atoms with E-state index < -0.39 is 0 Å². The van der Waals surface area contributed by atoms with E-state index in [4.69, 9.17) is 0 Å². The zero-order valence-electron chi connectivity index (χ0n) is 15.9. The number of rotatable bonds is 0. The molecule has 0 bridgehead atoms. The lowest BCUT2D eigenvalue weighted by Gasteiger charge is -2.11. The molecule has 7 rings (SSSR count). The fourth-order valence-corrected chi connectivity index (χ4v) is 5.29. The number of hydrogen-bond acceptors (Lipinski definition) is 0. The molecule has 1 aliphatic carbocycles. The highest BCUT2D eigenvalue weighted by Gasteiger charge is 2.22. The third kappa shape index (κ3) is 2.04. The molecule has 0 amide bonds. The van der Waals surface area contributed by atoms with Gasteiger partial charge in [-0.3, -0.25) is 0 Å². The van der Waals surface area contributed by atoms with E-state index in [0.29, 0.717) is 0 Å². The fraction of sp³-hybridized carbons (Fsp3) is 0.0345. The van der Waals surface area contributed by atoms with Gasteiger partial charge in [-0.05, 0) is 83.9 Å². The molecule has 0 nitrogen and oxygen atoms in total. The largest absolute Gasteiger partial charge is 0.0616 e. The zero-order chi connectivity index (χ0) is 18.9. The first-order valence-electron chi connectivity index (χ1n) is 10.2. The van der Waals surface area contributed by atoms with Gasteiger partial charge in [0.25, 0.3) is 0 Å². The van der Waals surface area contributed by atoms with Crippen molar-refractivity contribution < 1.29 is 0 Å². The summed E-state index contributed by atoms with van der Waals surface area (Å²) in [7, 11) is 0. The molecular formula is C29H18. The highest BCUT2D eigenvalue weighted by molar-refractivity contribution is 6.15. The first-order chi connectivity index (χ1) is 14.4. The summed E-state index contributed by atoms with van der Waals surface area (Å²) in [6, 6.07) is 36.0. The van der Waals surface area contributed by atoms with Crippen molar-refractivity contribution in [3.8, 4) is 11.1 Å². The van der Waals surface area contributed by atoms with E-state index in [-0.39, 0.29) is 0 Å². The third-order valence-electron chi connectivity index (χ3n) is 6.65. The van der Waals surface area contributed by atoms with Crippen LogP contribution in [-0.2, 0) is 6.42 Å². The SMILES string of the molecule is c1ccc2c3c(ccc2c1)-c1c(ccc2cc4ccc5ccccc5c4cc12)C3. The van der Waals surface area contributed by atoms with Crippen molar-refractivity contribution in [1.29, 1.82) is 0 Å². The molecular weight excluding hydrogens is 348 g/mol. The van der Waals surface area contributed by atoms with Crippen LogP contribution in [0, 0.1) is 0 Å². The monoisotopic (exact) mass is 366 g/mol. The molecule has 0 fully saturated rings. The Morgan fingerprint density at radius 2 is 1.10 bits per heavy atom. The lowest BCUT2D eigenvalue weighted by molar-refractivity contribution is 1.29. The van der Waals surface area contributed by atoms with Gasteiger partial charge in [-0.25, -0.2) is 0 Å². The molecule has 0 radical (unpaired) electrons. The molecule has 0 aliphatic heterocycles. The van der Waals surface area contributed by atoms with Crippen LogP contribution < -0.4 is 0 Å². The van der Waals surface area contributed by atoms with Gasteiger partial charge in [-0.15, -0.1) is 0 Å². The Bertz CT molecular complexity index is 1620. The lowest BCUT2D eigenvalue weighted by Crippen LogP contribution is -1.85. The highest BCUT2D eigenvalue weighted by atomic mass is 14.3. The Kier molecular flexibility index (Phi) is 2.88. The summed E-state index contributed by atoms with van der Waals surface area (Å²) in [6.45, 7) is 0. The second-order valence-electron chi connectivity index (χ2n) is 8.17. The fourth-order valence-electron chi connectivity index (χ4n) is 5.29. The maximum Gasteiger partial charge on any atom is -0.000705 e. The summed E-state index contributed by atoms with van der Waals surface area (Å²) in [5.74, 6) is 0. The Hall–Kier alpha value is -3.64. The predicted octanol–water partition coefficient (Wildman–Crippen LogP) is 7.87. The first-order valence-corrected chi connectivity index (χ1v) is 10.2. The van der Waals surface area contributed by atoms with Crippen LogP contribution in [0.25, 0.3) is 54.2 Å². The molecule has 0 N–H and O–H groups in total. The van der Waals surface area contributed by atoms with E-state index in [2.05, 4.69) is 97.1 Å². The van der Waals surface area contributed by atoms with Crippen LogP contribution in [-0.4, -0.2) is 0 Å². The van der Waals surface area contributed by atoms with Gasteiger partial charge in [-0.2, -0.15) is 0 Å². The van der Waals surface area contributed by atoms with Crippen molar-refractivity contribution in [2.75, 3.05) is 0 Å². The van der Waals surface area contributed by atoms with Crippen molar-refractivity contribution in [3.63, 3.8) is 0 Å².